The highest BCUT2D eigenvalue weighted by atomic mass is 16.6. The first kappa shape index (κ1) is 12.2. The summed E-state index contributed by atoms with van der Waals surface area (Å²) in [5.74, 6) is 0.347. The summed E-state index contributed by atoms with van der Waals surface area (Å²) in [5.41, 5.74) is 1.43. The summed E-state index contributed by atoms with van der Waals surface area (Å²) in [6.07, 6.45) is 0. The first-order valence-corrected chi connectivity index (χ1v) is 5.53. The molecule has 0 unspecified atom stereocenters. The largest absolute Gasteiger partial charge is 0.497 e. The lowest BCUT2D eigenvalue weighted by molar-refractivity contribution is 0.0480. The molecule has 94 valence electrons. The van der Waals surface area contributed by atoms with Crippen LogP contribution in [0.4, 0.5) is 0 Å². The summed E-state index contributed by atoms with van der Waals surface area (Å²) >= 11 is 0. The lowest BCUT2D eigenvalue weighted by Gasteiger charge is -1.99. The number of nitrogens with zero attached hydrogens (tertiary/aromatic N) is 1. The van der Waals surface area contributed by atoms with E-state index in [1.165, 1.54) is 0 Å². The monoisotopic (exact) mass is 247 g/mol. The third-order valence-corrected chi connectivity index (χ3v) is 2.37. The third kappa shape index (κ3) is 2.51. The number of aromatic nitrogens is 1. The van der Waals surface area contributed by atoms with Gasteiger partial charge in [0, 0.05) is 11.6 Å². The molecule has 0 amide bonds. The van der Waals surface area contributed by atoms with Gasteiger partial charge >= 0.3 is 5.97 Å². The van der Waals surface area contributed by atoms with Crippen molar-refractivity contribution in [2.24, 2.45) is 0 Å². The SMILES string of the molecule is CCOC(=O)c1cc(-c2ccc(OC)cc2)no1. The van der Waals surface area contributed by atoms with E-state index in [-0.39, 0.29) is 5.76 Å². The number of hydrogen-bond donors (Lipinski definition) is 0. The van der Waals surface area contributed by atoms with Crippen LogP contribution >= 0.6 is 0 Å². The predicted molar refractivity (Wildman–Crippen MR) is 64.4 cm³/mol. The van der Waals surface area contributed by atoms with Gasteiger partial charge in [0.1, 0.15) is 11.4 Å². The highest BCUT2D eigenvalue weighted by molar-refractivity contribution is 5.87. The summed E-state index contributed by atoms with van der Waals surface area (Å²) in [5, 5.41) is 3.83. The lowest BCUT2D eigenvalue weighted by atomic mass is 10.1. The summed E-state index contributed by atoms with van der Waals surface area (Å²) in [4.78, 5) is 11.4. The summed E-state index contributed by atoms with van der Waals surface area (Å²) in [6.45, 7) is 2.04. The molecule has 5 nitrogen and oxygen atoms in total. The molecule has 0 aliphatic heterocycles. The van der Waals surface area contributed by atoms with Crippen LogP contribution in [0, 0.1) is 0 Å². The Morgan fingerprint density at radius 2 is 2.06 bits per heavy atom. The van der Waals surface area contributed by atoms with Gasteiger partial charge in [0.2, 0.25) is 5.76 Å². The van der Waals surface area contributed by atoms with Crippen LogP contribution in [0.3, 0.4) is 0 Å². The number of esters is 1. The summed E-state index contributed by atoms with van der Waals surface area (Å²) in [6, 6.07) is 8.86. The molecular weight excluding hydrogens is 234 g/mol. The number of rotatable bonds is 4. The second-order valence-corrected chi connectivity index (χ2v) is 3.53. The van der Waals surface area contributed by atoms with Crippen LogP contribution in [-0.4, -0.2) is 24.8 Å². The fraction of sp³-hybridized carbons (Fsp3) is 0.231. The van der Waals surface area contributed by atoms with Crippen LogP contribution in [-0.2, 0) is 4.74 Å². The molecule has 1 aromatic carbocycles. The first-order valence-electron chi connectivity index (χ1n) is 5.53. The Morgan fingerprint density at radius 1 is 1.33 bits per heavy atom. The minimum Gasteiger partial charge on any atom is -0.497 e. The maximum atomic E-state index is 11.4. The van der Waals surface area contributed by atoms with E-state index < -0.39 is 5.97 Å². The van der Waals surface area contributed by atoms with E-state index in [4.69, 9.17) is 14.0 Å². The Balaban J connectivity index is 2.20. The van der Waals surface area contributed by atoms with E-state index in [1.807, 2.05) is 24.3 Å². The van der Waals surface area contributed by atoms with Gasteiger partial charge in [-0.3, -0.25) is 0 Å². The average Bonchev–Trinajstić information content (AvgIpc) is 2.89. The van der Waals surface area contributed by atoms with Crippen LogP contribution in [0.1, 0.15) is 17.5 Å². The third-order valence-electron chi connectivity index (χ3n) is 2.37. The molecule has 2 aromatic rings. The lowest BCUT2D eigenvalue weighted by Crippen LogP contribution is -2.02. The molecule has 0 saturated carbocycles. The molecule has 0 spiro atoms. The van der Waals surface area contributed by atoms with Crippen LogP contribution in [0.25, 0.3) is 11.3 Å². The number of methoxy groups -OCH3 is 1. The van der Waals surface area contributed by atoms with Crippen molar-refractivity contribution in [2.75, 3.05) is 13.7 Å². The molecule has 2 rings (SSSR count). The fourth-order valence-corrected chi connectivity index (χ4v) is 1.47. The number of carbonyl (C=O) groups excluding carboxylic acids is 1. The number of carbonyl (C=O) groups is 1. The average molecular weight is 247 g/mol. The molecule has 18 heavy (non-hydrogen) atoms. The Morgan fingerprint density at radius 3 is 2.67 bits per heavy atom. The quantitative estimate of drug-likeness (QED) is 0.777. The van der Waals surface area contributed by atoms with Gasteiger partial charge in [-0.15, -0.1) is 0 Å². The van der Waals surface area contributed by atoms with Crippen molar-refractivity contribution in [1.29, 1.82) is 0 Å². The van der Waals surface area contributed by atoms with E-state index in [2.05, 4.69) is 5.16 Å². The van der Waals surface area contributed by atoms with E-state index in [0.717, 1.165) is 11.3 Å². The number of hydrogen-bond acceptors (Lipinski definition) is 5. The molecule has 0 atom stereocenters. The van der Waals surface area contributed by atoms with Crippen LogP contribution in [0.2, 0.25) is 0 Å². The Labute approximate surface area is 104 Å². The fourth-order valence-electron chi connectivity index (χ4n) is 1.47. The first-order chi connectivity index (χ1) is 8.74. The highest BCUT2D eigenvalue weighted by Crippen LogP contribution is 2.22. The molecule has 0 radical (unpaired) electrons. The normalized spacial score (nSPS) is 10.1. The standard InChI is InChI=1S/C13H13NO4/c1-3-17-13(15)12-8-11(14-18-12)9-4-6-10(16-2)7-5-9/h4-8H,3H2,1-2H3. The van der Waals surface area contributed by atoms with Gasteiger partial charge in [0.15, 0.2) is 0 Å². The molecule has 1 aromatic heterocycles. The zero-order valence-corrected chi connectivity index (χ0v) is 10.2. The molecule has 0 aliphatic carbocycles. The van der Waals surface area contributed by atoms with E-state index in [9.17, 15) is 4.79 Å². The minimum absolute atomic E-state index is 0.0997. The number of ether oxygens (including phenoxy) is 2. The molecule has 0 saturated heterocycles. The molecule has 0 bridgehead atoms. The van der Waals surface area contributed by atoms with Crippen molar-refractivity contribution in [3.8, 4) is 17.0 Å². The predicted octanol–water partition coefficient (Wildman–Crippen LogP) is 2.53. The van der Waals surface area contributed by atoms with E-state index in [0.29, 0.717) is 12.3 Å². The zero-order valence-electron chi connectivity index (χ0n) is 10.2. The number of benzene rings is 1. The van der Waals surface area contributed by atoms with Crippen molar-refractivity contribution >= 4 is 5.97 Å². The second kappa shape index (κ2) is 5.35. The summed E-state index contributed by atoms with van der Waals surface area (Å²) < 4.78 is 14.8. The van der Waals surface area contributed by atoms with Crippen LogP contribution < -0.4 is 4.74 Å². The Kier molecular flexibility index (Phi) is 3.62. The van der Waals surface area contributed by atoms with Crippen molar-refractivity contribution in [1.82, 2.24) is 5.16 Å². The van der Waals surface area contributed by atoms with Gasteiger partial charge in [0.25, 0.3) is 0 Å². The van der Waals surface area contributed by atoms with Crippen molar-refractivity contribution in [3.05, 3.63) is 36.1 Å². The van der Waals surface area contributed by atoms with Crippen LogP contribution in [0.15, 0.2) is 34.9 Å². The van der Waals surface area contributed by atoms with Crippen molar-refractivity contribution in [3.63, 3.8) is 0 Å². The van der Waals surface area contributed by atoms with Gasteiger partial charge in [-0.2, -0.15) is 0 Å². The second-order valence-electron chi connectivity index (χ2n) is 3.53. The van der Waals surface area contributed by atoms with Gasteiger partial charge in [-0.1, -0.05) is 5.16 Å². The zero-order chi connectivity index (χ0) is 13.0. The van der Waals surface area contributed by atoms with E-state index in [1.54, 1.807) is 20.1 Å². The maximum absolute atomic E-state index is 11.4. The molecule has 5 heteroatoms. The molecule has 0 aliphatic rings. The highest BCUT2D eigenvalue weighted by Gasteiger charge is 2.14. The van der Waals surface area contributed by atoms with Gasteiger partial charge in [-0.05, 0) is 31.2 Å². The molecule has 1 heterocycles. The van der Waals surface area contributed by atoms with Gasteiger partial charge in [0.05, 0.1) is 13.7 Å². The molecule has 0 fully saturated rings. The van der Waals surface area contributed by atoms with Gasteiger partial charge < -0.3 is 14.0 Å². The topological polar surface area (TPSA) is 61.6 Å². The van der Waals surface area contributed by atoms with Crippen molar-refractivity contribution in [2.45, 2.75) is 6.92 Å². The van der Waals surface area contributed by atoms with E-state index >= 15 is 0 Å². The van der Waals surface area contributed by atoms with Crippen molar-refractivity contribution < 1.29 is 18.8 Å². The summed E-state index contributed by atoms with van der Waals surface area (Å²) in [7, 11) is 1.60. The Bertz CT molecular complexity index is 530. The minimum atomic E-state index is -0.509. The maximum Gasteiger partial charge on any atom is 0.377 e. The Hall–Kier alpha value is -2.30. The van der Waals surface area contributed by atoms with Gasteiger partial charge in [-0.25, -0.2) is 4.79 Å². The molecular formula is C13H13NO4. The smallest absolute Gasteiger partial charge is 0.377 e. The van der Waals surface area contributed by atoms with Crippen LogP contribution in [0.5, 0.6) is 5.75 Å². The molecule has 0 N–H and O–H groups in total.